The second kappa shape index (κ2) is 8.80. The molecule has 1 aromatic rings. The Kier molecular flexibility index (Phi) is 6.74. The maximum atomic E-state index is 11.8. The molecule has 1 fully saturated rings. The number of hydrogen-bond donors (Lipinski definition) is 0. The van der Waals surface area contributed by atoms with Gasteiger partial charge in [-0.3, -0.25) is 9.69 Å². The van der Waals surface area contributed by atoms with E-state index < -0.39 is 0 Å². The quantitative estimate of drug-likeness (QED) is 0.537. The van der Waals surface area contributed by atoms with Gasteiger partial charge in [0.2, 0.25) is 0 Å². The highest BCUT2D eigenvalue weighted by Crippen LogP contribution is 2.13. The monoisotopic (exact) mass is 306 g/mol. The Labute approximate surface area is 132 Å². The highest BCUT2D eigenvalue weighted by molar-refractivity contribution is 5.94. The van der Waals surface area contributed by atoms with Crippen LogP contribution in [0.25, 0.3) is 0 Å². The standard InChI is InChI=1S/C16H26N4O2/c1-3-5-15(21)14-6-7-16(18-17-14)20-10-8-19(9-11-20)12-13-22-4-2/h6-7H,3-5,8-13H2,1-2H3. The maximum Gasteiger partial charge on any atom is 0.183 e. The second-order valence-electron chi connectivity index (χ2n) is 5.48. The summed E-state index contributed by atoms with van der Waals surface area (Å²) in [6, 6.07) is 3.70. The number of anilines is 1. The molecule has 1 aromatic heterocycles. The molecule has 0 atom stereocenters. The van der Waals surface area contributed by atoms with Gasteiger partial charge in [-0.15, -0.1) is 10.2 Å². The first-order chi connectivity index (χ1) is 10.7. The normalized spacial score (nSPS) is 16.0. The number of carbonyl (C=O) groups excluding carboxylic acids is 1. The van der Waals surface area contributed by atoms with Crippen LogP contribution in [-0.4, -0.2) is 66.8 Å². The molecule has 1 saturated heterocycles. The minimum atomic E-state index is 0.0716. The lowest BCUT2D eigenvalue weighted by molar-refractivity contribution is 0.0976. The van der Waals surface area contributed by atoms with Crippen LogP contribution < -0.4 is 4.90 Å². The third-order valence-electron chi connectivity index (χ3n) is 3.87. The zero-order valence-corrected chi connectivity index (χ0v) is 13.6. The summed E-state index contributed by atoms with van der Waals surface area (Å²) in [5.41, 5.74) is 0.473. The molecule has 0 aliphatic carbocycles. The predicted octanol–water partition coefficient (Wildman–Crippen LogP) is 1.62. The summed E-state index contributed by atoms with van der Waals surface area (Å²) in [4.78, 5) is 16.4. The van der Waals surface area contributed by atoms with Gasteiger partial charge in [0.25, 0.3) is 0 Å². The number of nitrogens with zero attached hydrogens (tertiary/aromatic N) is 4. The number of aromatic nitrogens is 2. The van der Waals surface area contributed by atoms with Crippen molar-refractivity contribution in [1.82, 2.24) is 15.1 Å². The highest BCUT2D eigenvalue weighted by Gasteiger charge is 2.18. The fraction of sp³-hybridized carbons (Fsp3) is 0.688. The minimum Gasteiger partial charge on any atom is -0.380 e. The molecule has 0 spiro atoms. The highest BCUT2D eigenvalue weighted by atomic mass is 16.5. The summed E-state index contributed by atoms with van der Waals surface area (Å²) in [6.07, 6.45) is 1.37. The Morgan fingerprint density at radius 3 is 2.55 bits per heavy atom. The van der Waals surface area contributed by atoms with Crippen molar-refractivity contribution in [1.29, 1.82) is 0 Å². The zero-order valence-electron chi connectivity index (χ0n) is 13.6. The van der Waals surface area contributed by atoms with E-state index in [1.807, 2.05) is 19.9 Å². The van der Waals surface area contributed by atoms with Gasteiger partial charge < -0.3 is 9.64 Å². The number of carbonyl (C=O) groups is 1. The van der Waals surface area contributed by atoms with Crippen molar-refractivity contribution in [3.05, 3.63) is 17.8 Å². The maximum absolute atomic E-state index is 11.8. The van der Waals surface area contributed by atoms with Crippen LogP contribution in [0.4, 0.5) is 5.82 Å². The summed E-state index contributed by atoms with van der Waals surface area (Å²) in [5, 5.41) is 8.30. The molecule has 0 N–H and O–H groups in total. The van der Waals surface area contributed by atoms with Gasteiger partial charge in [-0.2, -0.15) is 0 Å². The van der Waals surface area contributed by atoms with Crippen molar-refractivity contribution in [2.24, 2.45) is 0 Å². The Morgan fingerprint density at radius 1 is 1.18 bits per heavy atom. The van der Waals surface area contributed by atoms with Gasteiger partial charge in [-0.05, 0) is 25.5 Å². The van der Waals surface area contributed by atoms with Crippen molar-refractivity contribution in [2.75, 3.05) is 50.8 Å². The van der Waals surface area contributed by atoms with E-state index in [-0.39, 0.29) is 5.78 Å². The topological polar surface area (TPSA) is 58.6 Å². The van der Waals surface area contributed by atoms with Gasteiger partial charge in [0.05, 0.1) is 6.61 Å². The van der Waals surface area contributed by atoms with E-state index in [1.165, 1.54) is 0 Å². The average molecular weight is 306 g/mol. The number of piperazine rings is 1. The van der Waals surface area contributed by atoms with Crippen LogP contribution in [-0.2, 0) is 4.74 Å². The summed E-state index contributed by atoms with van der Waals surface area (Å²) >= 11 is 0. The lowest BCUT2D eigenvalue weighted by Gasteiger charge is -2.35. The van der Waals surface area contributed by atoms with E-state index in [4.69, 9.17) is 4.74 Å². The van der Waals surface area contributed by atoms with Crippen LogP contribution in [0.2, 0.25) is 0 Å². The molecule has 2 heterocycles. The Morgan fingerprint density at radius 2 is 1.95 bits per heavy atom. The molecule has 0 bridgehead atoms. The van der Waals surface area contributed by atoms with E-state index in [9.17, 15) is 4.79 Å². The summed E-state index contributed by atoms with van der Waals surface area (Å²) in [5.74, 6) is 0.930. The number of ketones is 1. The van der Waals surface area contributed by atoms with Crippen molar-refractivity contribution in [3.8, 4) is 0 Å². The van der Waals surface area contributed by atoms with Crippen LogP contribution in [0.5, 0.6) is 0 Å². The van der Waals surface area contributed by atoms with E-state index in [0.717, 1.165) is 58.2 Å². The van der Waals surface area contributed by atoms with Crippen LogP contribution >= 0.6 is 0 Å². The molecule has 0 unspecified atom stereocenters. The SMILES string of the molecule is CCCC(=O)c1ccc(N2CCN(CCOCC)CC2)nn1. The molecule has 122 valence electrons. The molecule has 1 aliphatic rings. The zero-order chi connectivity index (χ0) is 15.8. The Bertz CT molecular complexity index is 456. The lowest BCUT2D eigenvalue weighted by atomic mass is 10.2. The van der Waals surface area contributed by atoms with Gasteiger partial charge in [0.1, 0.15) is 5.69 Å². The molecule has 2 rings (SSSR count). The fourth-order valence-electron chi connectivity index (χ4n) is 2.54. The number of ether oxygens (including phenoxy) is 1. The first-order valence-corrected chi connectivity index (χ1v) is 8.16. The molecular weight excluding hydrogens is 280 g/mol. The third kappa shape index (κ3) is 4.74. The van der Waals surface area contributed by atoms with Crippen molar-refractivity contribution < 1.29 is 9.53 Å². The molecule has 22 heavy (non-hydrogen) atoms. The Hall–Kier alpha value is -1.53. The van der Waals surface area contributed by atoms with Crippen LogP contribution in [0.15, 0.2) is 12.1 Å². The van der Waals surface area contributed by atoms with Gasteiger partial charge >= 0.3 is 0 Å². The first kappa shape index (κ1) is 16.8. The van der Waals surface area contributed by atoms with Crippen LogP contribution in [0, 0.1) is 0 Å². The largest absolute Gasteiger partial charge is 0.380 e. The number of hydrogen-bond acceptors (Lipinski definition) is 6. The van der Waals surface area contributed by atoms with Crippen molar-refractivity contribution >= 4 is 11.6 Å². The average Bonchev–Trinajstić information content (AvgIpc) is 2.56. The van der Waals surface area contributed by atoms with Crippen LogP contribution in [0.3, 0.4) is 0 Å². The molecular formula is C16H26N4O2. The van der Waals surface area contributed by atoms with Crippen molar-refractivity contribution in [3.63, 3.8) is 0 Å². The molecule has 6 heteroatoms. The van der Waals surface area contributed by atoms with E-state index >= 15 is 0 Å². The van der Waals surface area contributed by atoms with E-state index in [2.05, 4.69) is 20.0 Å². The number of rotatable bonds is 8. The van der Waals surface area contributed by atoms with Crippen molar-refractivity contribution in [2.45, 2.75) is 26.7 Å². The van der Waals surface area contributed by atoms with Crippen LogP contribution in [0.1, 0.15) is 37.2 Å². The third-order valence-corrected chi connectivity index (χ3v) is 3.87. The lowest BCUT2D eigenvalue weighted by Crippen LogP contribution is -2.47. The molecule has 0 radical (unpaired) electrons. The molecule has 0 saturated carbocycles. The van der Waals surface area contributed by atoms with Gasteiger partial charge in [-0.25, -0.2) is 0 Å². The fourth-order valence-corrected chi connectivity index (χ4v) is 2.54. The van der Waals surface area contributed by atoms with E-state index in [0.29, 0.717) is 12.1 Å². The molecule has 6 nitrogen and oxygen atoms in total. The smallest absolute Gasteiger partial charge is 0.183 e. The predicted molar refractivity (Wildman–Crippen MR) is 86.4 cm³/mol. The second-order valence-corrected chi connectivity index (χ2v) is 5.48. The first-order valence-electron chi connectivity index (χ1n) is 8.16. The minimum absolute atomic E-state index is 0.0716. The van der Waals surface area contributed by atoms with Gasteiger partial charge in [0, 0.05) is 45.8 Å². The summed E-state index contributed by atoms with van der Waals surface area (Å²) in [7, 11) is 0. The number of Topliss-reactive ketones (excluding diaryl/α,β-unsaturated/α-hetero) is 1. The molecule has 1 aliphatic heterocycles. The summed E-state index contributed by atoms with van der Waals surface area (Å²) < 4.78 is 5.39. The Balaban J connectivity index is 1.82. The molecule has 0 amide bonds. The molecule has 0 aromatic carbocycles. The van der Waals surface area contributed by atoms with E-state index in [1.54, 1.807) is 6.07 Å². The summed E-state index contributed by atoms with van der Waals surface area (Å²) in [6.45, 7) is 10.4. The van der Waals surface area contributed by atoms with Gasteiger partial charge in [-0.1, -0.05) is 6.92 Å². The van der Waals surface area contributed by atoms with Gasteiger partial charge in [0.15, 0.2) is 11.6 Å².